The summed E-state index contributed by atoms with van der Waals surface area (Å²) in [4.78, 5) is 11.1. The first kappa shape index (κ1) is 13.6. The molecule has 0 fully saturated rings. The van der Waals surface area contributed by atoms with Gasteiger partial charge < -0.3 is 9.29 Å². The van der Waals surface area contributed by atoms with Gasteiger partial charge in [-0.2, -0.15) is 0 Å². The highest BCUT2D eigenvalue weighted by Crippen LogP contribution is 2.06. The zero-order chi connectivity index (χ0) is 11.1. The van der Waals surface area contributed by atoms with Crippen LogP contribution in [0, 0.1) is 5.92 Å². The van der Waals surface area contributed by atoms with E-state index in [1.54, 1.807) is 0 Å². The summed E-state index contributed by atoms with van der Waals surface area (Å²) in [6.07, 6.45) is 1.84. The number of carbonyl (C=O) groups is 1. The standard InChI is InChI=1S/C9H18O4S/c1-4-7(2)5-6-13-9(10)8(3)14(11)12/h7-8H,4-6H2,1-3H3,(H,11,12). The van der Waals surface area contributed by atoms with Crippen LogP contribution in [0.3, 0.4) is 0 Å². The van der Waals surface area contributed by atoms with Gasteiger partial charge in [0.25, 0.3) is 0 Å². The SMILES string of the molecule is CCC(C)CCOC(=O)C(C)S(=O)O. The zero-order valence-corrected chi connectivity index (χ0v) is 9.67. The lowest BCUT2D eigenvalue weighted by Gasteiger charge is -2.10. The first-order valence-corrected chi connectivity index (χ1v) is 5.92. The van der Waals surface area contributed by atoms with E-state index in [2.05, 4.69) is 13.8 Å². The zero-order valence-electron chi connectivity index (χ0n) is 8.86. The Morgan fingerprint density at radius 1 is 1.50 bits per heavy atom. The highest BCUT2D eigenvalue weighted by molar-refractivity contribution is 7.80. The molecule has 0 saturated heterocycles. The van der Waals surface area contributed by atoms with Crippen molar-refractivity contribution in [2.24, 2.45) is 5.92 Å². The highest BCUT2D eigenvalue weighted by Gasteiger charge is 2.19. The van der Waals surface area contributed by atoms with Gasteiger partial charge in [0.1, 0.15) is 0 Å². The maximum atomic E-state index is 11.1. The molecule has 0 aliphatic rings. The van der Waals surface area contributed by atoms with Crippen molar-refractivity contribution < 1.29 is 18.3 Å². The van der Waals surface area contributed by atoms with Crippen molar-refractivity contribution >= 4 is 17.0 Å². The summed E-state index contributed by atoms with van der Waals surface area (Å²) >= 11 is -2.13. The quantitative estimate of drug-likeness (QED) is 0.547. The second kappa shape index (κ2) is 6.95. The summed E-state index contributed by atoms with van der Waals surface area (Å²) in [5, 5.41) is -0.952. The van der Waals surface area contributed by atoms with Gasteiger partial charge in [-0.25, -0.2) is 4.21 Å². The molecule has 0 saturated carbocycles. The summed E-state index contributed by atoms with van der Waals surface area (Å²) in [7, 11) is 0. The summed E-state index contributed by atoms with van der Waals surface area (Å²) in [6, 6.07) is 0. The molecule has 84 valence electrons. The molecule has 0 aromatic carbocycles. The molecule has 0 aliphatic carbocycles. The minimum absolute atomic E-state index is 0.329. The minimum atomic E-state index is -2.13. The normalized spacial score (nSPS) is 17.1. The van der Waals surface area contributed by atoms with Gasteiger partial charge >= 0.3 is 5.97 Å². The number of esters is 1. The molecule has 0 heterocycles. The second-order valence-corrected chi connectivity index (χ2v) is 4.65. The van der Waals surface area contributed by atoms with Gasteiger partial charge in [0.2, 0.25) is 0 Å². The molecule has 1 N–H and O–H groups in total. The summed E-state index contributed by atoms with van der Waals surface area (Å²) in [5.74, 6) is -0.0909. The van der Waals surface area contributed by atoms with E-state index in [9.17, 15) is 9.00 Å². The second-order valence-electron chi connectivity index (χ2n) is 3.39. The number of hydrogen-bond acceptors (Lipinski definition) is 3. The molecule has 0 amide bonds. The summed E-state index contributed by atoms with van der Waals surface area (Å²) < 4.78 is 24.0. The van der Waals surface area contributed by atoms with Gasteiger partial charge in [0, 0.05) is 0 Å². The molecule has 14 heavy (non-hydrogen) atoms. The van der Waals surface area contributed by atoms with Crippen molar-refractivity contribution in [3.8, 4) is 0 Å². The summed E-state index contributed by atoms with van der Waals surface area (Å²) in [6.45, 7) is 5.84. The predicted octanol–water partition coefficient (Wildman–Crippen LogP) is 1.58. The van der Waals surface area contributed by atoms with Crippen LogP contribution in [0.2, 0.25) is 0 Å². The van der Waals surface area contributed by atoms with Crippen LogP contribution in [0.4, 0.5) is 0 Å². The number of carbonyl (C=O) groups excluding carboxylic acids is 1. The van der Waals surface area contributed by atoms with Gasteiger partial charge in [-0.15, -0.1) is 0 Å². The molecule has 3 unspecified atom stereocenters. The average molecular weight is 222 g/mol. The first-order chi connectivity index (χ1) is 6.49. The predicted molar refractivity (Wildman–Crippen MR) is 55.3 cm³/mol. The third-order valence-electron chi connectivity index (χ3n) is 2.19. The molecule has 0 aromatic rings. The van der Waals surface area contributed by atoms with E-state index >= 15 is 0 Å². The third kappa shape index (κ3) is 5.34. The Hall–Kier alpha value is -0.420. The lowest BCUT2D eigenvalue weighted by atomic mass is 10.1. The fraction of sp³-hybridized carbons (Fsp3) is 0.889. The molecule has 5 heteroatoms. The molecule has 0 spiro atoms. The van der Waals surface area contributed by atoms with Crippen LogP contribution >= 0.6 is 0 Å². The molecule has 0 aromatic heterocycles. The molecule has 0 rings (SSSR count). The van der Waals surface area contributed by atoms with Crippen LogP contribution in [0.5, 0.6) is 0 Å². The van der Waals surface area contributed by atoms with Crippen molar-refractivity contribution in [3.63, 3.8) is 0 Å². The van der Waals surface area contributed by atoms with Gasteiger partial charge in [-0.05, 0) is 19.3 Å². The van der Waals surface area contributed by atoms with Gasteiger partial charge in [0.05, 0.1) is 6.61 Å². The van der Waals surface area contributed by atoms with Gasteiger partial charge in [0.15, 0.2) is 16.3 Å². The summed E-state index contributed by atoms with van der Waals surface area (Å²) in [5.41, 5.74) is 0. The van der Waals surface area contributed by atoms with Crippen molar-refractivity contribution in [1.82, 2.24) is 0 Å². The van der Waals surface area contributed by atoms with E-state index < -0.39 is 22.3 Å². The average Bonchev–Trinajstić information content (AvgIpc) is 2.15. The Morgan fingerprint density at radius 3 is 2.50 bits per heavy atom. The Kier molecular flexibility index (Phi) is 6.74. The molecule has 3 atom stereocenters. The highest BCUT2D eigenvalue weighted by atomic mass is 32.2. The first-order valence-electron chi connectivity index (χ1n) is 4.75. The largest absolute Gasteiger partial charge is 0.465 e. The van der Waals surface area contributed by atoms with Crippen LogP contribution < -0.4 is 0 Å². The van der Waals surface area contributed by atoms with Gasteiger partial charge in [-0.3, -0.25) is 4.79 Å². The molecule has 0 aliphatic heterocycles. The van der Waals surface area contributed by atoms with E-state index in [-0.39, 0.29) is 0 Å². The van der Waals surface area contributed by atoms with E-state index in [4.69, 9.17) is 9.29 Å². The maximum Gasteiger partial charge on any atom is 0.323 e. The monoisotopic (exact) mass is 222 g/mol. The maximum absolute atomic E-state index is 11.1. The van der Waals surface area contributed by atoms with Crippen LogP contribution in [-0.4, -0.2) is 26.6 Å². The van der Waals surface area contributed by atoms with Crippen LogP contribution in [0.15, 0.2) is 0 Å². The number of hydrogen-bond donors (Lipinski definition) is 1. The van der Waals surface area contributed by atoms with Crippen LogP contribution in [0.1, 0.15) is 33.6 Å². The molecule has 0 radical (unpaired) electrons. The van der Waals surface area contributed by atoms with Gasteiger partial charge in [-0.1, -0.05) is 20.3 Å². The third-order valence-corrected chi connectivity index (χ3v) is 2.98. The smallest absolute Gasteiger partial charge is 0.323 e. The minimum Gasteiger partial charge on any atom is -0.465 e. The number of rotatable bonds is 6. The Morgan fingerprint density at radius 2 is 2.07 bits per heavy atom. The van der Waals surface area contributed by atoms with Crippen molar-refractivity contribution in [2.75, 3.05) is 6.61 Å². The van der Waals surface area contributed by atoms with E-state index in [1.165, 1.54) is 6.92 Å². The van der Waals surface area contributed by atoms with E-state index in [0.29, 0.717) is 12.5 Å². The fourth-order valence-electron chi connectivity index (χ4n) is 0.764. The van der Waals surface area contributed by atoms with E-state index in [0.717, 1.165) is 12.8 Å². The molecular weight excluding hydrogens is 204 g/mol. The number of ether oxygens (including phenoxy) is 1. The fourth-order valence-corrected chi connectivity index (χ4v) is 0.997. The lowest BCUT2D eigenvalue weighted by molar-refractivity contribution is -0.143. The van der Waals surface area contributed by atoms with Crippen LogP contribution in [0.25, 0.3) is 0 Å². The topological polar surface area (TPSA) is 63.6 Å². The Balaban J connectivity index is 3.69. The van der Waals surface area contributed by atoms with Crippen LogP contribution in [-0.2, 0) is 20.6 Å². The molecular formula is C9H18O4S. The Labute approximate surface area is 87.3 Å². The van der Waals surface area contributed by atoms with Crippen molar-refractivity contribution in [2.45, 2.75) is 38.9 Å². The van der Waals surface area contributed by atoms with E-state index in [1.807, 2.05) is 0 Å². The Bertz CT molecular complexity index is 205. The van der Waals surface area contributed by atoms with Crippen molar-refractivity contribution in [1.29, 1.82) is 0 Å². The lowest BCUT2D eigenvalue weighted by Crippen LogP contribution is -2.25. The van der Waals surface area contributed by atoms with Crippen molar-refractivity contribution in [3.05, 3.63) is 0 Å². The molecule has 4 nitrogen and oxygen atoms in total. The molecule has 0 bridgehead atoms.